The molecule has 0 radical (unpaired) electrons. The van der Waals surface area contributed by atoms with Gasteiger partial charge in [0.05, 0.1) is 70.0 Å². The maximum absolute atomic E-state index is 13.1. The molecule has 0 saturated heterocycles. The minimum Gasteiger partial charge on any atom is -0.484 e. The van der Waals surface area contributed by atoms with Crippen molar-refractivity contribution in [2.45, 2.75) is 22.0 Å². The number of aliphatic hydroxyl groups is 2. The first-order chi connectivity index (χ1) is 23.8. The van der Waals surface area contributed by atoms with Gasteiger partial charge in [-0.1, -0.05) is 12.1 Å². The van der Waals surface area contributed by atoms with Crippen molar-refractivity contribution in [1.29, 1.82) is 10.5 Å². The van der Waals surface area contributed by atoms with Crippen molar-refractivity contribution in [3.05, 3.63) is 106 Å². The highest BCUT2D eigenvalue weighted by Crippen LogP contribution is 2.40. The number of hydrogen-bond acceptors (Lipinski definition) is 13. The van der Waals surface area contributed by atoms with Crippen LogP contribution in [0.3, 0.4) is 0 Å². The summed E-state index contributed by atoms with van der Waals surface area (Å²) >= 11 is 0. The van der Waals surface area contributed by atoms with Gasteiger partial charge in [0.1, 0.15) is 29.4 Å². The highest BCUT2D eigenvalue weighted by atomic mass is 32.2. The zero-order valence-electron chi connectivity index (χ0n) is 25.9. The molecule has 0 fully saturated rings. The van der Waals surface area contributed by atoms with Gasteiger partial charge >= 0.3 is 0 Å². The van der Waals surface area contributed by atoms with Crippen LogP contribution in [0.1, 0.15) is 11.1 Å². The molecule has 2 heterocycles. The fourth-order valence-corrected chi connectivity index (χ4v) is 8.19. The van der Waals surface area contributed by atoms with Gasteiger partial charge in [0.2, 0.25) is 0 Å². The van der Waals surface area contributed by atoms with E-state index in [1.165, 1.54) is 66.7 Å². The standard InChI is InChI=1S/C16H13N3O6S.C16H15N3O4S/c17-8-11-2-1-3-14(6-11)26(23,24)18-9-13(10-20)25-16-5-4-12(19(21)22)7-15(16)18;17-8-11-2-1-3-14(6-11)24(21,22)19-9-13(10-20)23-16-5-4-12(18)7-15(16)19/h1-7,13,20H,9-10H2;1-7,13,20H,9-10,18H2/t2*13-/m11/s1. The molecule has 0 amide bonds. The number of sulfonamides is 2. The molecule has 0 aliphatic carbocycles. The third-order valence-corrected chi connectivity index (χ3v) is 11.1. The van der Waals surface area contributed by atoms with Crippen molar-refractivity contribution in [3.63, 3.8) is 0 Å². The van der Waals surface area contributed by atoms with Crippen LogP contribution >= 0.6 is 0 Å². The van der Waals surface area contributed by atoms with Crippen LogP contribution in [0.5, 0.6) is 11.5 Å². The van der Waals surface area contributed by atoms with E-state index >= 15 is 0 Å². The second-order valence-electron chi connectivity index (χ2n) is 10.8. The molecular formula is C32H28N6O10S2. The highest BCUT2D eigenvalue weighted by molar-refractivity contribution is 7.93. The van der Waals surface area contributed by atoms with E-state index in [9.17, 15) is 37.2 Å². The molecule has 4 aromatic rings. The number of aliphatic hydroxyl groups excluding tert-OH is 2. The molecule has 50 heavy (non-hydrogen) atoms. The lowest BCUT2D eigenvalue weighted by Gasteiger charge is -2.34. The van der Waals surface area contributed by atoms with Gasteiger partial charge < -0.3 is 25.4 Å². The number of benzene rings is 4. The number of nitro benzene ring substituents is 1. The minimum atomic E-state index is -4.12. The molecule has 4 N–H and O–H groups in total. The van der Waals surface area contributed by atoms with Crippen LogP contribution in [0.2, 0.25) is 0 Å². The molecule has 0 aromatic heterocycles. The fourth-order valence-electron chi connectivity index (χ4n) is 5.09. The lowest BCUT2D eigenvalue weighted by molar-refractivity contribution is -0.384. The number of ether oxygens (including phenoxy) is 2. The number of rotatable bonds is 7. The van der Waals surface area contributed by atoms with Gasteiger partial charge in [-0.25, -0.2) is 16.8 Å². The number of fused-ring (bicyclic) bond motifs is 2. The smallest absolute Gasteiger partial charge is 0.271 e. The number of nitriles is 2. The summed E-state index contributed by atoms with van der Waals surface area (Å²) in [5.74, 6) is 0.440. The topological polar surface area (TPSA) is 250 Å². The van der Waals surface area contributed by atoms with Crippen LogP contribution in [0.4, 0.5) is 22.7 Å². The maximum atomic E-state index is 13.1. The van der Waals surface area contributed by atoms with Gasteiger partial charge in [0, 0.05) is 17.8 Å². The Kier molecular flexibility index (Phi) is 10.1. The Labute approximate surface area is 286 Å². The molecule has 2 atom stereocenters. The van der Waals surface area contributed by atoms with E-state index in [2.05, 4.69) is 0 Å². The lowest BCUT2D eigenvalue weighted by atomic mass is 10.2. The molecule has 2 aliphatic rings. The first kappa shape index (κ1) is 35.4. The molecule has 258 valence electrons. The summed E-state index contributed by atoms with van der Waals surface area (Å²) in [6.07, 6.45) is -1.51. The molecule has 0 unspecified atom stereocenters. The summed E-state index contributed by atoms with van der Waals surface area (Å²) in [7, 11) is -8.06. The quantitative estimate of drug-likeness (QED) is 0.141. The van der Waals surface area contributed by atoms with Crippen molar-refractivity contribution in [1.82, 2.24) is 0 Å². The molecule has 18 heteroatoms. The van der Waals surface area contributed by atoms with Crippen LogP contribution in [-0.2, 0) is 20.0 Å². The van der Waals surface area contributed by atoms with E-state index in [-0.39, 0.29) is 57.7 Å². The first-order valence-electron chi connectivity index (χ1n) is 14.6. The molecule has 6 rings (SSSR count). The first-order valence-corrected chi connectivity index (χ1v) is 17.5. The molecule has 0 bridgehead atoms. The zero-order valence-corrected chi connectivity index (χ0v) is 27.5. The van der Waals surface area contributed by atoms with Crippen LogP contribution in [0, 0.1) is 32.8 Å². The molecule has 0 spiro atoms. The van der Waals surface area contributed by atoms with Gasteiger partial charge in [-0.2, -0.15) is 10.5 Å². The van der Waals surface area contributed by atoms with Gasteiger partial charge in [-0.3, -0.25) is 18.7 Å². The van der Waals surface area contributed by atoms with Crippen molar-refractivity contribution in [3.8, 4) is 23.6 Å². The number of nitrogens with zero attached hydrogens (tertiary/aromatic N) is 5. The molecule has 0 saturated carbocycles. The summed E-state index contributed by atoms with van der Waals surface area (Å²) in [5.41, 5.74) is 6.60. The monoisotopic (exact) mass is 720 g/mol. The Bertz CT molecular complexity index is 2250. The van der Waals surface area contributed by atoms with Gasteiger partial charge in [0.15, 0.2) is 0 Å². The molecular weight excluding hydrogens is 693 g/mol. The van der Waals surface area contributed by atoms with Gasteiger partial charge in [0.25, 0.3) is 25.7 Å². The van der Waals surface area contributed by atoms with Crippen molar-refractivity contribution in [2.24, 2.45) is 0 Å². The minimum absolute atomic E-state index is 0.00580. The van der Waals surface area contributed by atoms with Crippen LogP contribution in [-0.4, -0.2) is 70.5 Å². The van der Waals surface area contributed by atoms with Crippen LogP contribution in [0.25, 0.3) is 0 Å². The van der Waals surface area contributed by atoms with Crippen molar-refractivity contribution < 1.29 is 41.4 Å². The van der Waals surface area contributed by atoms with E-state index in [4.69, 9.17) is 25.7 Å². The third kappa shape index (κ3) is 7.09. The predicted molar refractivity (Wildman–Crippen MR) is 178 cm³/mol. The molecule has 2 aliphatic heterocycles. The second-order valence-corrected chi connectivity index (χ2v) is 14.6. The molecule has 16 nitrogen and oxygen atoms in total. The highest BCUT2D eigenvalue weighted by Gasteiger charge is 2.36. The Hall–Kier alpha value is -5.92. The van der Waals surface area contributed by atoms with E-state index in [1.807, 2.05) is 12.1 Å². The summed E-state index contributed by atoms with van der Waals surface area (Å²) in [4.78, 5) is 10.3. The van der Waals surface area contributed by atoms with E-state index in [0.29, 0.717) is 17.1 Å². The number of hydrogen-bond donors (Lipinski definition) is 3. The van der Waals surface area contributed by atoms with Crippen molar-refractivity contribution >= 4 is 42.8 Å². The van der Waals surface area contributed by atoms with Gasteiger partial charge in [-0.15, -0.1) is 0 Å². The van der Waals surface area contributed by atoms with Crippen molar-refractivity contribution in [2.75, 3.05) is 40.6 Å². The summed E-state index contributed by atoms with van der Waals surface area (Å²) in [5, 5.41) is 47.8. The average Bonchev–Trinajstić information content (AvgIpc) is 3.13. The van der Waals surface area contributed by atoms with Gasteiger partial charge in [-0.05, 0) is 60.7 Å². The SMILES string of the molecule is N#Cc1cccc(S(=O)(=O)N2C[C@H](CO)Oc3ccc(N)cc32)c1.N#Cc1cccc(S(=O)(=O)N2C[C@H](CO)Oc3ccc([N+](=O)[O-])cc32)c1. The van der Waals surface area contributed by atoms with Crippen LogP contribution in [0.15, 0.2) is 94.7 Å². The largest absolute Gasteiger partial charge is 0.484 e. The number of nitrogens with two attached hydrogens (primary N) is 1. The predicted octanol–water partition coefficient (Wildman–Crippen LogP) is 2.50. The Morgan fingerprint density at radius 3 is 1.66 bits per heavy atom. The lowest BCUT2D eigenvalue weighted by Crippen LogP contribution is -2.45. The Balaban J connectivity index is 0.000000195. The Morgan fingerprint density at radius 2 is 1.22 bits per heavy atom. The van der Waals surface area contributed by atoms with E-state index in [0.717, 1.165) is 14.7 Å². The number of nitrogen functional groups attached to an aromatic ring is 1. The summed E-state index contributed by atoms with van der Waals surface area (Å²) in [6, 6.07) is 23.3. The molecule has 4 aromatic carbocycles. The van der Waals surface area contributed by atoms with E-state index < -0.39 is 43.8 Å². The second kappa shape index (κ2) is 14.3. The zero-order chi connectivity index (χ0) is 36.2. The number of non-ortho nitro benzene ring substituents is 1. The fraction of sp³-hybridized carbons (Fsp3) is 0.188. The van der Waals surface area contributed by atoms with Crippen LogP contribution < -0.4 is 23.8 Å². The van der Waals surface area contributed by atoms with E-state index in [1.54, 1.807) is 12.1 Å². The third-order valence-electron chi connectivity index (χ3n) is 7.51. The summed E-state index contributed by atoms with van der Waals surface area (Å²) < 4.78 is 65.4. The summed E-state index contributed by atoms with van der Waals surface area (Å²) in [6.45, 7) is -1.02. The maximum Gasteiger partial charge on any atom is 0.271 e. The Morgan fingerprint density at radius 1 is 0.760 bits per heavy atom. The number of anilines is 3. The number of nitro groups is 1. The average molecular weight is 721 g/mol. The normalized spacial score (nSPS) is 16.6.